The normalized spacial score (nSPS) is 16.1. The molecule has 2 aliphatic rings. The molecule has 6 aromatic rings. The van der Waals surface area contributed by atoms with Gasteiger partial charge in [-0.15, -0.1) is 16.4 Å². The van der Waals surface area contributed by atoms with Crippen LogP contribution in [0.1, 0.15) is 82.7 Å². The van der Waals surface area contributed by atoms with E-state index in [9.17, 15) is 28.7 Å². The maximum atomic E-state index is 14.1. The second kappa shape index (κ2) is 30.5. The lowest BCUT2D eigenvalue weighted by Gasteiger charge is -2.35. The summed E-state index contributed by atoms with van der Waals surface area (Å²) in [4.78, 5) is 72.0. The monoisotopic (exact) mass is 1180 g/mol. The molecule has 0 aliphatic carbocycles. The van der Waals surface area contributed by atoms with Crippen LogP contribution in [0.3, 0.4) is 0 Å². The number of benzene rings is 3. The van der Waals surface area contributed by atoms with Gasteiger partial charge in [0.2, 0.25) is 23.6 Å². The maximum absolute atomic E-state index is 14.1. The van der Waals surface area contributed by atoms with E-state index in [2.05, 4.69) is 51.4 Å². The number of rotatable bonds is 29. The van der Waals surface area contributed by atoms with Gasteiger partial charge in [0, 0.05) is 62.2 Å². The molecule has 2 fully saturated rings. The zero-order valence-electron chi connectivity index (χ0n) is 47.4. The molecule has 2 saturated heterocycles. The van der Waals surface area contributed by atoms with Gasteiger partial charge < -0.3 is 50.2 Å². The summed E-state index contributed by atoms with van der Waals surface area (Å²) < 4.78 is 38.9. The molecule has 3 atom stereocenters. The summed E-state index contributed by atoms with van der Waals surface area (Å²) >= 11 is 7.60. The Labute approximate surface area is 491 Å². The third-order valence-electron chi connectivity index (χ3n) is 14.1. The number of ether oxygens (including phenoxy) is 4. The lowest BCUT2D eigenvalue weighted by atomic mass is 9.85. The average Bonchev–Trinajstić information content (AvgIpc) is 4.33. The number of β-amino-alcohol motifs (C(OH)–C–C–N with tert-alkyl or cyclic N) is 1. The largest absolute Gasteiger partial charge is 0.489 e. The van der Waals surface area contributed by atoms with Gasteiger partial charge in [-0.05, 0) is 86.5 Å². The summed E-state index contributed by atoms with van der Waals surface area (Å²) in [5.74, 6) is -1.11. The number of aliphatic hydroxyl groups is 1. The van der Waals surface area contributed by atoms with Crippen LogP contribution in [-0.2, 0) is 53.1 Å². The molecule has 2 aliphatic heterocycles. The topological polar surface area (TPSA) is 249 Å². The minimum atomic E-state index is -0.918. The number of thiazole rings is 1. The predicted octanol–water partition coefficient (Wildman–Crippen LogP) is 7.78. The smallest absolute Gasteiger partial charge is 0.248 e. The molecular weight excluding hydrogens is 1110 g/mol. The molecule has 3 aromatic carbocycles. The Hall–Kier alpha value is -6.99. The number of aliphatic hydroxyl groups excluding tert-OH is 1. The van der Waals surface area contributed by atoms with Gasteiger partial charge in [0.1, 0.15) is 48.1 Å². The fraction of sp³-hybridized carbons (Fsp3) is 0.475. The van der Waals surface area contributed by atoms with Gasteiger partial charge in [-0.25, -0.2) is 19.3 Å². The van der Waals surface area contributed by atoms with Crippen LogP contribution in [0.2, 0.25) is 5.02 Å². The van der Waals surface area contributed by atoms with E-state index < -0.39 is 35.3 Å². The van der Waals surface area contributed by atoms with Crippen molar-refractivity contribution in [1.29, 1.82) is 0 Å². The zero-order chi connectivity index (χ0) is 58.7. The van der Waals surface area contributed by atoms with Gasteiger partial charge in [-0.1, -0.05) is 74.3 Å². The summed E-state index contributed by atoms with van der Waals surface area (Å²) in [6, 6.07) is 13.8. The van der Waals surface area contributed by atoms with Gasteiger partial charge in [0.25, 0.3) is 0 Å². The number of hydrogen-bond donors (Lipinski definition) is 5. The van der Waals surface area contributed by atoms with Gasteiger partial charge in [0.15, 0.2) is 0 Å². The maximum Gasteiger partial charge on any atom is 0.248 e. The van der Waals surface area contributed by atoms with Crippen LogP contribution >= 0.6 is 22.9 Å². The summed E-state index contributed by atoms with van der Waals surface area (Å²) in [7, 11) is 0. The number of fused-ring (bicyclic) bond motifs is 1. The number of piperidine rings is 1. The molecule has 83 heavy (non-hydrogen) atoms. The van der Waals surface area contributed by atoms with Crippen molar-refractivity contribution in [2.75, 3.05) is 76.5 Å². The van der Waals surface area contributed by atoms with E-state index in [1.807, 2.05) is 63.5 Å². The van der Waals surface area contributed by atoms with Crippen molar-refractivity contribution < 1.29 is 47.6 Å². The fourth-order valence-electron chi connectivity index (χ4n) is 9.65. The molecule has 0 spiro atoms. The number of aryl methyl sites for hydroxylation is 2. The molecule has 24 heteroatoms. The summed E-state index contributed by atoms with van der Waals surface area (Å²) in [5, 5.41) is 31.6. The van der Waals surface area contributed by atoms with Crippen LogP contribution in [0.25, 0.3) is 21.3 Å². The third-order valence-corrected chi connectivity index (χ3v) is 15.3. The number of hydrogen-bond acceptors (Lipinski definition) is 17. The van der Waals surface area contributed by atoms with Crippen LogP contribution in [0, 0.1) is 18.2 Å². The second-order valence-electron chi connectivity index (χ2n) is 21.6. The Morgan fingerprint density at radius 1 is 0.928 bits per heavy atom. The Morgan fingerprint density at radius 2 is 1.69 bits per heavy atom. The van der Waals surface area contributed by atoms with Crippen LogP contribution in [0.4, 0.5) is 21.6 Å². The SMILES string of the molecule is Cc1ncsc1-c1ccc(CNC(=O)[C@@H]2C[C@@H](O)CN2C(=O)[C@@H](NC(=O)CCCCn2cc(COCCOCCOCCOc3cc4ncnc(Nc5ccc(F)c(Cl)c5)c4cc3NC(=O)/C=C/CN3CCCCC3)nn2)C(C)(C)C)cc1. The molecule has 4 amide bonds. The Kier molecular flexibility index (Phi) is 22.8. The molecule has 0 unspecified atom stereocenters. The van der Waals surface area contributed by atoms with Crippen molar-refractivity contribution in [3.05, 3.63) is 113 Å². The number of amides is 4. The van der Waals surface area contributed by atoms with E-state index in [0.717, 1.165) is 47.6 Å². The lowest BCUT2D eigenvalue weighted by molar-refractivity contribution is -0.144. The average molecular weight is 1180 g/mol. The second-order valence-corrected chi connectivity index (χ2v) is 22.9. The fourth-order valence-corrected chi connectivity index (χ4v) is 10.6. The molecule has 5 heterocycles. The minimum absolute atomic E-state index is 0.00636. The van der Waals surface area contributed by atoms with Gasteiger partial charge in [-0.2, -0.15) is 0 Å². The zero-order valence-corrected chi connectivity index (χ0v) is 49.0. The first-order valence-corrected chi connectivity index (χ1v) is 29.3. The van der Waals surface area contributed by atoms with E-state index >= 15 is 0 Å². The highest BCUT2D eigenvalue weighted by atomic mass is 35.5. The molecule has 3 aromatic heterocycles. The molecule has 0 saturated carbocycles. The van der Waals surface area contributed by atoms with Crippen LogP contribution < -0.4 is 26.0 Å². The standard InChI is InChI=1S/C59H74ClFN12O9S/c1-39-54(83-38-65-39)41-15-13-40(14-16-41)33-62-57(77)50-30-44(74)35-73(50)58(78)55(59(2,3)4)68-53(76)11-6-9-22-72-34-43(69-70-72)36-81-26-25-79-23-24-80-27-28-82-51-32-48-45(56(64-37-63-48)66-42-17-18-47(61)46(60)29-42)31-49(51)67-52(75)12-10-21-71-19-7-5-8-20-71/h10,12-18,29,31-32,34,37-38,44,50,55,74H,5-9,11,19-28,30,33,35-36H2,1-4H3,(H,62,77)(H,67,75)(H,68,76)(H,63,64,66)/b12-10+/t44-,50+,55-/m1/s1. The Bertz CT molecular complexity index is 3150. The molecule has 5 N–H and O–H groups in total. The first-order chi connectivity index (χ1) is 40.1. The first kappa shape index (κ1) is 62.1. The van der Waals surface area contributed by atoms with Crippen molar-refractivity contribution >= 4 is 74.7 Å². The number of aromatic nitrogens is 6. The molecule has 21 nitrogen and oxygen atoms in total. The van der Waals surface area contributed by atoms with Crippen LogP contribution in [0.15, 0.2) is 84.8 Å². The Morgan fingerprint density at radius 3 is 2.42 bits per heavy atom. The van der Waals surface area contributed by atoms with Gasteiger partial charge in [0.05, 0.1) is 84.3 Å². The summed E-state index contributed by atoms with van der Waals surface area (Å²) in [6.45, 7) is 13.0. The van der Waals surface area contributed by atoms with E-state index in [4.69, 9.17) is 30.5 Å². The highest BCUT2D eigenvalue weighted by Gasteiger charge is 2.44. The van der Waals surface area contributed by atoms with E-state index in [-0.39, 0.29) is 68.5 Å². The van der Waals surface area contributed by atoms with Crippen molar-refractivity contribution in [3.63, 3.8) is 0 Å². The van der Waals surface area contributed by atoms with Crippen molar-refractivity contribution in [2.45, 2.75) is 111 Å². The highest BCUT2D eigenvalue weighted by Crippen LogP contribution is 2.35. The molecule has 0 radical (unpaired) electrons. The van der Waals surface area contributed by atoms with E-state index in [0.29, 0.717) is 91.9 Å². The molecule has 8 rings (SSSR count). The number of halogens is 2. The van der Waals surface area contributed by atoms with E-state index in [1.165, 1.54) is 35.9 Å². The van der Waals surface area contributed by atoms with Crippen molar-refractivity contribution in [2.24, 2.45) is 5.41 Å². The van der Waals surface area contributed by atoms with E-state index in [1.54, 1.807) is 40.4 Å². The third kappa shape index (κ3) is 18.5. The molecule has 0 bridgehead atoms. The van der Waals surface area contributed by atoms with Crippen molar-refractivity contribution in [1.82, 2.24) is 50.4 Å². The lowest BCUT2D eigenvalue weighted by Crippen LogP contribution is -2.57. The van der Waals surface area contributed by atoms with Gasteiger partial charge >= 0.3 is 0 Å². The Balaban J connectivity index is 0.703. The quantitative estimate of drug-likeness (QED) is 0.0222. The number of unbranched alkanes of at least 4 members (excludes halogenated alkanes) is 1. The predicted molar refractivity (Wildman–Crippen MR) is 315 cm³/mol. The number of likely N-dealkylation sites (tertiary alicyclic amines) is 2. The van der Waals surface area contributed by atoms with Crippen LogP contribution in [-0.4, -0.2) is 152 Å². The number of anilines is 3. The highest BCUT2D eigenvalue weighted by molar-refractivity contribution is 7.13. The van der Waals surface area contributed by atoms with Crippen molar-refractivity contribution in [3.8, 4) is 16.2 Å². The number of nitrogens with one attached hydrogen (secondary N) is 4. The number of carbonyl (C=O) groups is 4. The van der Waals surface area contributed by atoms with Gasteiger partial charge in [-0.3, -0.25) is 28.8 Å². The molecular formula is C59H74ClFN12O9S. The number of nitrogens with zero attached hydrogens (tertiary/aromatic N) is 8. The summed E-state index contributed by atoms with van der Waals surface area (Å²) in [5.41, 5.74) is 6.15. The minimum Gasteiger partial charge on any atom is -0.489 e. The first-order valence-electron chi connectivity index (χ1n) is 28.1. The molecule has 444 valence electrons. The summed E-state index contributed by atoms with van der Waals surface area (Å²) in [6.07, 6.45) is 10.7. The number of carbonyl (C=O) groups excluding carboxylic acids is 4. The van der Waals surface area contributed by atoms with Crippen LogP contribution in [0.5, 0.6) is 5.75 Å².